The van der Waals surface area contributed by atoms with E-state index in [-0.39, 0.29) is 17.9 Å². The molecule has 21 heavy (non-hydrogen) atoms. The number of fused-ring (bicyclic) bond motifs is 1. The highest BCUT2D eigenvalue weighted by Gasteiger charge is 2.25. The monoisotopic (exact) mass is 302 g/mol. The van der Waals surface area contributed by atoms with Gasteiger partial charge < -0.3 is 9.88 Å². The van der Waals surface area contributed by atoms with Crippen LogP contribution in [-0.2, 0) is 17.6 Å². The Kier molecular flexibility index (Phi) is 3.80. The van der Waals surface area contributed by atoms with E-state index in [0.29, 0.717) is 17.3 Å². The predicted molar refractivity (Wildman–Crippen MR) is 82.9 cm³/mol. The molecule has 0 aliphatic carbocycles. The molecular weight excluding hydrogens is 288 g/mol. The van der Waals surface area contributed by atoms with Crippen molar-refractivity contribution >= 4 is 23.2 Å². The van der Waals surface area contributed by atoms with Gasteiger partial charge in [0.2, 0.25) is 5.91 Å². The Morgan fingerprint density at radius 3 is 2.76 bits per heavy atom. The second kappa shape index (κ2) is 5.74. The standard InChI is InChI=1S/C16H15ClN2O2/c17-13-5-3-11(4-6-13)10-14(20)19-9-1-2-12-7-8-18-16(21)15(12)19/h3-8H,1-2,9-10H2,(H,18,21). The number of nitrogens with one attached hydrogen (secondary N) is 1. The molecule has 0 unspecified atom stereocenters. The summed E-state index contributed by atoms with van der Waals surface area (Å²) in [5.41, 5.74) is 2.14. The smallest absolute Gasteiger partial charge is 0.272 e. The topological polar surface area (TPSA) is 53.2 Å². The van der Waals surface area contributed by atoms with E-state index in [1.807, 2.05) is 18.2 Å². The van der Waals surface area contributed by atoms with E-state index in [1.165, 1.54) is 0 Å². The number of hydrogen-bond acceptors (Lipinski definition) is 2. The molecule has 108 valence electrons. The van der Waals surface area contributed by atoms with Crippen LogP contribution in [0.5, 0.6) is 0 Å². The second-order valence-electron chi connectivity index (χ2n) is 5.13. The van der Waals surface area contributed by atoms with E-state index in [4.69, 9.17) is 11.6 Å². The van der Waals surface area contributed by atoms with Gasteiger partial charge in [0.05, 0.1) is 6.42 Å². The van der Waals surface area contributed by atoms with Crippen LogP contribution in [0, 0.1) is 0 Å². The van der Waals surface area contributed by atoms with Gasteiger partial charge in [0, 0.05) is 17.8 Å². The van der Waals surface area contributed by atoms with Gasteiger partial charge in [-0.2, -0.15) is 0 Å². The number of aryl methyl sites for hydroxylation is 1. The number of amides is 1. The molecule has 1 aromatic carbocycles. The number of anilines is 1. The summed E-state index contributed by atoms with van der Waals surface area (Å²) in [6, 6.07) is 9.07. The van der Waals surface area contributed by atoms with Crippen LogP contribution >= 0.6 is 11.6 Å². The number of rotatable bonds is 2. The van der Waals surface area contributed by atoms with Crippen LogP contribution in [0.1, 0.15) is 17.5 Å². The SMILES string of the molecule is O=C(Cc1ccc(Cl)cc1)N1CCCc2cc[nH]c(=O)c21. The van der Waals surface area contributed by atoms with Gasteiger partial charge in [0.15, 0.2) is 0 Å². The zero-order valence-electron chi connectivity index (χ0n) is 11.4. The van der Waals surface area contributed by atoms with Gasteiger partial charge in [-0.15, -0.1) is 0 Å². The van der Waals surface area contributed by atoms with Crippen LogP contribution in [0.3, 0.4) is 0 Å². The van der Waals surface area contributed by atoms with Gasteiger partial charge in [-0.1, -0.05) is 23.7 Å². The van der Waals surface area contributed by atoms with E-state index in [0.717, 1.165) is 24.0 Å². The first-order valence-electron chi connectivity index (χ1n) is 6.90. The third-order valence-corrected chi connectivity index (χ3v) is 3.94. The third kappa shape index (κ3) is 2.85. The lowest BCUT2D eigenvalue weighted by Crippen LogP contribution is -2.40. The van der Waals surface area contributed by atoms with Crippen LogP contribution in [-0.4, -0.2) is 17.4 Å². The van der Waals surface area contributed by atoms with Crippen molar-refractivity contribution in [1.29, 1.82) is 0 Å². The van der Waals surface area contributed by atoms with Crippen molar-refractivity contribution in [2.45, 2.75) is 19.3 Å². The minimum atomic E-state index is -0.198. The van der Waals surface area contributed by atoms with Gasteiger partial charge in [0.25, 0.3) is 5.56 Å². The van der Waals surface area contributed by atoms with Crippen molar-refractivity contribution in [1.82, 2.24) is 4.98 Å². The maximum Gasteiger partial charge on any atom is 0.272 e. The second-order valence-corrected chi connectivity index (χ2v) is 5.57. The fourth-order valence-electron chi connectivity index (χ4n) is 2.67. The predicted octanol–water partition coefficient (Wildman–Crippen LogP) is 2.55. The normalized spacial score (nSPS) is 13.9. The maximum absolute atomic E-state index is 12.5. The van der Waals surface area contributed by atoms with Gasteiger partial charge in [-0.25, -0.2) is 0 Å². The molecule has 1 amide bonds. The first kappa shape index (κ1) is 13.9. The Morgan fingerprint density at radius 2 is 2.00 bits per heavy atom. The molecule has 0 fully saturated rings. The summed E-state index contributed by atoms with van der Waals surface area (Å²) in [5, 5.41) is 0.644. The summed E-state index contributed by atoms with van der Waals surface area (Å²) in [6.45, 7) is 0.590. The Balaban J connectivity index is 1.87. The number of hydrogen-bond donors (Lipinski definition) is 1. The van der Waals surface area contributed by atoms with Gasteiger partial charge in [-0.3, -0.25) is 9.59 Å². The molecule has 1 N–H and O–H groups in total. The first-order chi connectivity index (χ1) is 10.1. The van der Waals surface area contributed by atoms with Crippen molar-refractivity contribution < 1.29 is 4.79 Å². The summed E-state index contributed by atoms with van der Waals surface area (Å²) in [6.07, 6.45) is 3.62. The minimum Gasteiger partial charge on any atom is -0.327 e. The van der Waals surface area contributed by atoms with E-state index < -0.39 is 0 Å². The van der Waals surface area contributed by atoms with E-state index >= 15 is 0 Å². The van der Waals surface area contributed by atoms with E-state index in [2.05, 4.69) is 4.98 Å². The lowest BCUT2D eigenvalue weighted by molar-refractivity contribution is -0.118. The Bertz CT molecular complexity index is 722. The molecule has 0 saturated carbocycles. The van der Waals surface area contributed by atoms with Crippen LogP contribution in [0.4, 0.5) is 5.69 Å². The molecule has 0 spiro atoms. The minimum absolute atomic E-state index is 0.0602. The fraction of sp³-hybridized carbons (Fsp3) is 0.250. The number of nitrogens with zero attached hydrogens (tertiary/aromatic N) is 1. The molecule has 1 aliphatic heterocycles. The zero-order chi connectivity index (χ0) is 14.8. The number of aromatic nitrogens is 1. The molecule has 0 radical (unpaired) electrons. The number of benzene rings is 1. The average Bonchev–Trinajstić information content (AvgIpc) is 2.49. The summed E-state index contributed by atoms with van der Waals surface area (Å²) in [5.74, 6) is -0.0602. The van der Waals surface area contributed by atoms with Gasteiger partial charge in [-0.05, 0) is 42.2 Å². The summed E-state index contributed by atoms with van der Waals surface area (Å²) in [7, 11) is 0. The van der Waals surface area contributed by atoms with Crippen molar-refractivity contribution in [3.63, 3.8) is 0 Å². The Morgan fingerprint density at radius 1 is 1.24 bits per heavy atom. The third-order valence-electron chi connectivity index (χ3n) is 3.69. The summed E-state index contributed by atoms with van der Waals surface area (Å²) < 4.78 is 0. The van der Waals surface area contributed by atoms with Crippen molar-refractivity contribution in [3.8, 4) is 0 Å². The number of carbonyl (C=O) groups excluding carboxylic acids is 1. The quantitative estimate of drug-likeness (QED) is 0.927. The molecule has 1 aliphatic rings. The van der Waals surface area contributed by atoms with Gasteiger partial charge >= 0.3 is 0 Å². The van der Waals surface area contributed by atoms with Crippen molar-refractivity contribution in [2.75, 3.05) is 11.4 Å². The van der Waals surface area contributed by atoms with E-state index in [9.17, 15) is 9.59 Å². The van der Waals surface area contributed by atoms with Crippen LogP contribution < -0.4 is 10.5 Å². The highest BCUT2D eigenvalue weighted by Crippen LogP contribution is 2.23. The molecule has 3 rings (SSSR count). The number of aromatic amines is 1. The highest BCUT2D eigenvalue weighted by molar-refractivity contribution is 6.30. The lowest BCUT2D eigenvalue weighted by Gasteiger charge is -2.28. The molecular formula is C16H15ClN2O2. The molecule has 2 heterocycles. The number of halogens is 1. The molecule has 0 saturated heterocycles. The van der Waals surface area contributed by atoms with E-state index in [1.54, 1.807) is 23.2 Å². The van der Waals surface area contributed by atoms with Crippen molar-refractivity contribution in [2.24, 2.45) is 0 Å². The van der Waals surface area contributed by atoms with Gasteiger partial charge in [0.1, 0.15) is 5.69 Å². The Labute approximate surface area is 127 Å². The molecule has 5 heteroatoms. The maximum atomic E-state index is 12.5. The van der Waals surface area contributed by atoms with Crippen LogP contribution in [0.15, 0.2) is 41.3 Å². The van der Waals surface area contributed by atoms with Crippen LogP contribution in [0.2, 0.25) is 5.02 Å². The number of pyridine rings is 1. The summed E-state index contributed by atoms with van der Waals surface area (Å²) in [4.78, 5) is 28.8. The van der Waals surface area contributed by atoms with Crippen LogP contribution in [0.25, 0.3) is 0 Å². The fourth-order valence-corrected chi connectivity index (χ4v) is 2.80. The molecule has 4 nitrogen and oxygen atoms in total. The number of H-pyrrole nitrogens is 1. The highest BCUT2D eigenvalue weighted by atomic mass is 35.5. The molecule has 0 bridgehead atoms. The summed E-state index contributed by atoms with van der Waals surface area (Å²) >= 11 is 5.84. The lowest BCUT2D eigenvalue weighted by atomic mass is 10.0. The molecule has 1 aromatic heterocycles. The zero-order valence-corrected chi connectivity index (χ0v) is 12.2. The largest absolute Gasteiger partial charge is 0.327 e. The Hall–Kier alpha value is -2.07. The molecule has 0 atom stereocenters. The first-order valence-corrected chi connectivity index (χ1v) is 7.28. The number of carbonyl (C=O) groups is 1. The molecule has 2 aromatic rings. The average molecular weight is 303 g/mol. The van der Waals surface area contributed by atoms with Crippen molar-refractivity contribution in [3.05, 3.63) is 63.0 Å².